The Bertz CT molecular complexity index is 1640. The third kappa shape index (κ3) is 8.53. The second kappa shape index (κ2) is 14.5. The zero-order chi connectivity index (χ0) is 33.5. The van der Waals surface area contributed by atoms with Crippen molar-refractivity contribution in [1.82, 2.24) is 9.97 Å². The van der Waals surface area contributed by atoms with Crippen molar-refractivity contribution in [2.75, 3.05) is 13.2 Å². The number of ether oxygens (including phenoxy) is 7. The zero-order valence-corrected chi connectivity index (χ0v) is 25.0. The van der Waals surface area contributed by atoms with E-state index in [9.17, 15) is 34.1 Å². The molecule has 0 radical (unpaired) electrons. The number of aromatic amines is 1. The molecule has 0 amide bonds. The number of nitrogens with one attached hydrogen (secondary N) is 1. The van der Waals surface area contributed by atoms with E-state index in [1.54, 1.807) is 24.3 Å². The smallest absolute Gasteiger partial charge is 0.346 e. The molecule has 0 aliphatic carbocycles. The Morgan fingerprint density at radius 1 is 0.848 bits per heavy atom. The van der Waals surface area contributed by atoms with Crippen LogP contribution in [-0.2, 0) is 52.4 Å². The van der Waals surface area contributed by atoms with Crippen LogP contribution >= 0.6 is 0 Å². The summed E-state index contributed by atoms with van der Waals surface area (Å²) in [4.78, 5) is 78.0. The number of fused-ring (bicyclic) bond motifs is 1. The summed E-state index contributed by atoms with van der Waals surface area (Å²) in [7, 11) is 0. The monoisotopic (exact) mass is 643 g/mol. The normalized spacial score (nSPS) is 20.7. The number of non-ortho nitro benzene ring substituents is 1. The van der Waals surface area contributed by atoms with Crippen molar-refractivity contribution in [2.45, 2.75) is 58.4 Å². The topological polar surface area (TPSA) is 222 Å². The van der Waals surface area contributed by atoms with E-state index in [1.807, 2.05) is 0 Å². The lowest BCUT2D eigenvalue weighted by molar-refractivity contribution is -0.384. The number of nitrogens with zero attached hydrogens (tertiary/aromatic N) is 2. The first kappa shape index (κ1) is 33.3. The quantitative estimate of drug-likeness (QED) is 0.137. The molecule has 46 heavy (non-hydrogen) atoms. The first-order valence-corrected chi connectivity index (χ1v) is 13.7. The number of aromatic nitrogens is 2. The maximum Gasteiger partial charge on any atom is 0.346 e. The summed E-state index contributed by atoms with van der Waals surface area (Å²) in [5.41, 5.74) is 1.56. The van der Waals surface area contributed by atoms with Crippen LogP contribution in [0.5, 0.6) is 5.75 Å². The molecule has 17 heteroatoms. The Balaban J connectivity index is 1.46. The number of benzene rings is 2. The van der Waals surface area contributed by atoms with E-state index in [0.717, 1.165) is 27.7 Å². The lowest BCUT2D eigenvalue weighted by Crippen LogP contribution is -2.63. The fraction of sp³-hybridized carbons (Fsp3) is 0.379. The van der Waals surface area contributed by atoms with Crippen LogP contribution in [0.3, 0.4) is 0 Å². The van der Waals surface area contributed by atoms with E-state index in [1.165, 1.54) is 18.2 Å². The predicted octanol–water partition coefficient (Wildman–Crippen LogP) is 2.14. The number of hydrogen-bond acceptors (Lipinski definition) is 15. The highest BCUT2D eigenvalue weighted by molar-refractivity contribution is 5.81. The highest BCUT2D eigenvalue weighted by Gasteiger charge is 2.53. The third-order valence-electron chi connectivity index (χ3n) is 6.36. The van der Waals surface area contributed by atoms with Crippen molar-refractivity contribution in [3.05, 3.63) is 52.6 Å². The molecule has 17 nitrogen and oxygen atoms in total. The Kier molecular flexibility index (Phi) is 10.5. The van der Waals surface area contributed by atoms with Crippen LogP contribution in [0.15, 0.2) is 42.5 Å². The molecule has 1 fully saturated rings. The Hall–Kier alpha value is -5.58. The van der Waals surface area contributed by atoms with Gasteiger partial charge in [-0.15, -0.1) is 0 Å². The molecule has 1 aromatic heterocycles. The van der Waals surface area contributed by atoms with Crippen LogP contribution in [0.2, 0.25) is 0 Å². The van der Waals surface area contributed by atoms with E-state index in [2.05, 4.69) is 9.97 Å². The highest BCUT2D eigenvalue weighted by atomic mass is 16.8. The zero-order valence-electron chi connectivity index (χ0n) is 25.0. The lowest BCUT2D eigenvalue weighted by atomic mass is 9.98. The minimum Gasteiger partial charge on any atom is -0.482 e. The molecule has 0 bridgehead atoms. The van der Waals surface area contributed by atoms with Crippen molar-refractivity contribution in [3.8, 4) is 17.1 Å². The van der Waals surface area contributed by atoms with Crippen molar-refractivity contribution in [1.29, 1.82) is 0 Å². The van der Waals surface area contributed by atoms with Crippen LogP contribution in [0.1, 0.15) is 27.7 Å². The number of esters is 5. The number of carbonyl (C=O) groups excluding carboxylic acids is 5. The summed E-state index contributed by atoms with van der Waals surface area (Å²) in [5, 5.41) is 11.0. The van der Waals surface area contributed by atoms with Crippen molar-refractivity contribution in [2.24, 2.45) is 0 Å². The van der Waals surface area contributed by atoms with Gasteiger partial charge in [-0.2, -0.15) is 0 Å². The summed E-state index contributed by atoms with van der Waals surface area (Å²) >= 11 is 0. The van der Waals surface area contributed by atoms with Crippen LogP contribution in [0.25, 0.3) is 22.4 Å². The summed E-state index contributed by atoms with van der Waals surface area (Å²) < 4.78 is 37.5. The Morgan fingerprint density at radius 3 is 2.09 bits per heavy atom. The average Bonchev–Trinajstić information content (AvgIpc) is 3.41. The molecule has 1 aliphatic heterocycles. The molecule has 1 N–H and O–H groups in total. The first-order chi connectivity index (χ1) is 21.8. The van der Waals surface area contributed by atoms with Gasteiger partial charge >= 0.3 is 29.8 Å². The van der Waals surface area contributed by atoms with Gasteiger partial charge < -0.3 is 38.1 Å². The molecule has 0 saturated carbocycles. The first-order valence-electron chi connectivity index (χ1n) is 13.7. The van der Waals surface area contributed by atoms with Crippen LogP contribution in [0.4, 0.5) is 5.69 Å². The second-order valence-corrected chi connectivity index (χ2v) is 9.91. The molecule has 244 valence electrons. The standard InChI is InChI=1S/C29H29N3O14/c1-14(33)40-12-23-25(42-15(2)34)26(43-16(3)35)27(44-17(4)36)29(45-23)46-24(37)13-41-20-8-5-18(6-9-20)28-30-21-10-7-19(32(38)39)11-22(21)31-28/h5-11,23,25-27,29H,12-13H2,1-4H3,(H,30,31)/t23-,25+,26+,27-,29+/m1/s1. The number of imidazole rings is 1. The number of carbonyl (C=O) groups is 5. The van der Waals surface area contributed by atoms with Crippen molar-refractivity contribution >= 4 is 46.6 Å². The number of rotatable bonds is 11. The second-order valence-electron chi connectivity index (χ2n) is 9.91. The number of hydrogen-bond donors (Lipinski definition) is 1. The SMILES string of the molecule is CC(=O)OC[C@H]1O[C@@H](OC(=O)COc2ccc(-c3nc4ccc([N+](=O)[O-])cc4[nH]3)cc2)[C@H](OC(C)=O)[C@@H](OC(C)=O)[C@H]1OC(C)=O. The fourth-order valence-corrected chi connectivity index (χ4v) is 4.55. The van der Waals surface area contributed by atoms with Gasteiger partial charge in [0.2, 0.25) is 12.4 Å². The van der Waals surface area contributed by atoms with Crippen LogP contribution in [0, 0.1) is 10.1 Å². The van der Waals surface area contributed by atoms with E-state index < -0.39 is 78.7 Å². The molecule has 3 aromatic rings. The number of nitro benzene ring substituents is 1. The van der Waals surface area contributed by atoms with Gasteiger partial charge in [0.25, 0.3) is 5.69 Å². The molecule has 2 heterocycles. The predicted molar refractivity (Wildman–Crippen MR) is 152 cm³/mol. The van der Waals surface area contributed by atoms with Crippen LogP contribution in [-0.4, -0.2) is 88.7 Å². The van der Waals surface area contributed by atoms with Gasteiger partial charge in [0.05, 0.1) is 16.0 Å². The molecule has 4 rings (SSSR count). The van der Waals surface area contributed by atoms with E-state index in [0.29, 0.717) is 22.4 Å². The number of H-pyrrole nitrogens is 1. The van der Waals surface area contributed by atoms with Gasteiger partial charge in [0.1, 0.15) is 24.3 Å². The van der Waals surface area contributed by atoms with Crippen molar-refractivity contribution in [3.63, 3.8) is 0 Å². The van der Waals surface area contributed by atoms with E-state index >= 15 is 0 Å². The Morgan fingerprint density at radius 2 is 1.48 bits per heavy atom. The summed E-state index contributed by atoms with van der Waals surface area (Å²) in [6.07, 6.45) is -7.47. The lowest BCUT2D eigenvalue weighted by Gasteiger charge is -2.43. The summed E-state index contributed by atoms with van der Waals surface area (Å²) in [5.74, 6) is -3.48. The van der Waals surface area contributed by atoms with Gasteiger partial charge in [-0.25, -0.2) is 9.78 Å². The van der Waals surface area contributed by atoms with Gasteiger partial charge in [-0.1, -0.05) is 0 Å². The molecule has 2 aromatic carbocycles. The Labute approximate surface area is 260 Å². The summed E-state index contributed by atoms with van der Waals surface area (Å²) in [6.45, 7) is 3.19. The van der Waals surface area contributed by atoms with Gasteiger partial charge in [-0.05, 0) is 30.3 Å². The van der Waals surface area contributed by atoms with E-state index in [4.69, 9.17) is 33.2 Å². The number of nitro groups is 1. The van der Waals surface area contributed by atoms with Gasteiger partial charge in [0, 0.05) is 45.4 Å². The molecular formula is C29H29N3O14. The van der Waals surface area contributed by atoms with Gasteiger partial charge in [-0.3, -0.25) is 29.3 Å². The van der Waals surface area contributed by atoms with E-state index in [-0.39, 0.29) is 11.4 Å². The van der Waals surface area contributed by atoms with Crippen molar-refractivity contribution < 1.29 is 62.1 Å². The largest absolute Gasteiger partial charge is 0.482 e. The maximum atomic E-state index is 12.8. The molecule has 5 atom stereocenters. The molecule has 1 aliphatic rings. The van der Waals surface area contributed by atoms with Crippen LogP contribution < -0.4 is 4.74 Å². The average molecular weight is 644 g/mol. The van der Waals surface area contributed by atoms with Gasteiger partial charge in [0.15, 0.2) is 18.8 Å². The molecule has 0 spiro atoms. The molecule has 0 unspecified atom stereocenters. The highest BCUT2D eigenvalue weighted by Crippen LogP contribution is 2.30. The maximum absolute atomic E-state index is 12.8. The minimum atomic E-state index is -1.69. The molecule has 1 saturated heterocycles. The summed E-state index contributed by atoms with van der Waals surface area (Å²) in [6, 6.07) is 10.6. The molecular weight excluding hydrogens is 614 g/mol. The minimum absolute atomic E-state index is 0.0813. The third-order valence-corrected chi connectivity index (χ3v) is 6.36. The fourth-order valence-electron chi connectivity index (χ4n) is 4.55.